The van der Waals surface area contributed by atoms with Gasteiger partial charge in [0.1, 0.15) is 21.4 Å². The fourth-order valence-corrected chi connectivity index (χ4v) is 7.19. The minimum absolute atomic E-state index is 0.0364. The molecule has 0 fully saturated rings. The summed E-state index contributed by atoms with van der Waals surface area (Å²) < 4.78 is 30.9. The molecule has 2 rings (SSSR count). The standard InChI is InChI=1S/C15H30N4O3SSi/c1-11-9-19-14(22-10-12(11)21-5)13(8-17-19)23(16,20)18-24(6,7)15(2,3)4/h8,11-12H,9-10H2,1-7H3,(H2,16,18,20)/t11?,12-,23?/m0/s1. The number of hydrogen-bond acceptors (Lipinski definition) is 5. The summed E-state index contributed by atoms with van der Waals surface area (Å²) in [6.45, 7) is 13.6. The molecule has 0 saturated heterocycles. The molecule has 0 radical (unpaired) electrons. The molecular weight excluding hydrogens is 344 g/mol. The van der Waals surface area contributed by atoms with E-state index < -0.39 is 18.2 Å². The summed E-state index contributed by atoms with van der Waals surface area (Å²) in [5, 5.41) is 10.5. The molecule has 7 nitrogen and oxygen atoms in total. The van der Waals surface area contributed by atoms with Crippen LogP contribution in [-0.4, -0.2) is 42.0 Å². The second kappa shape index (κ2) is 6.43. The van der Waals surface area contributed by atoms with Gasteiger partial charge in [0.25, 0.3) is 0 Å². The van der Waals surface area contributed by atoms with Crippen molar-refractivity contribution in [1.29, 1.82) is 0 Å². The quantitative estimate of drug-likeness (QED) is 0.823. The second-order valence-corrected chi connectivity index (χ2v) is 15.0. The SMILES string of the molecule is CO[C@H]1COc2c(S(N)(=O)=N[Si](C)(C)C(C)(C)C)cnn2CC1C. The van der Waals surface area contributed by atoms with Crippen LogP contribution in [0.1, 0.15) is 27.7 Å². The topological polar surface area (TPSA) is 91.7 Å². The number of aromatic nitrogens is 2. The first kappa shape index (κ1) is 19.4. The van der Waals surface area contributed by atoms with Gasteiger partial charge in [-0.15, -0.1) is 0 Å². The van der Waals surface area contributed by atoms with Crippen LogP contribution in [0.25, 0.3) is 0 Å². The number of fused-ring (bicyclic) bond motifs is 1. The normalized spacial score (nSPS) is 24.5. The monoisotopic (exact) mass is 374 g/mol. The molecule has 1 aromatic heterocycles. The zero-order valence-corrected chi connectivity index (χ0v) is 17.5. The Balaban J connectivity index is 2.47. The van der Waals surface area contributed by atoms with E-state index in [-0.39, 0.29) is 17.1 Å². The average molecular weight is 375 g/mol. The van der Waals surface area contributed by atoms with Crippen LogP contribution in [0.15, 0.2) is 15.1 Å². The van der Waals surface area contributed by atoms with Crippen molar-refractivity contribution in [3.63, 3.8) is 0 Å². The van der Waals surface area contributed by atoms with Gasteiger partial charge in [-0.3, -0.25) is 4.03 Å². The van der Waals surface area contributed by atoms with Crippen LogP contribution in [-0.2, 0) is 21.2 Å². The molecule has 1 aliphatic heterocycles. The molecule has 0 aliphatic carbocycles. The smallest absolute Gasteiger partial charge is 0.230 e. The van der Waals surface area contributed by atoms with Gasteiger partial charge in [-0.1, -0.05) is 27.7 Å². The summed E-state index contributed by atoms with van der Waals surface area (Å²) >= 11 is 0. The number of methoxy groups -OCH3 is 1. The van der Waals surface area contributed by atoms with E-state index in [0.717, 1.165) is 0 Å². The van der Waals surface area contributed by atoms with Crippen molar-refractivity contribution >= 4 is 18.2 Å². The van der Waals surface area contributed by atoms with Gasteiger partial charge in [-0.05, 0) is 18.1 Å². The van der Waals surface area contributed by atoms with Gasteiger partial charge in [-0.2, -0.15) is 5.10 Å². The van der Waals surface area contributed by atoms with E-state index >= 15 is 0 Å². The lowest BCUT2D eigenvalue weighted by atomic mass is 10.1. The number of ether oxygens (including phenoxy) is 2. The highest BCUT2D eigenvalue weighted by Crippen LogP contribution is 2.38. The first-order valence-electron chi connectivity index (χ1n) is 8.16. The first-order chi connectivity index (χ1) is 10.9. The minimum atomic E-state index is -3.07. The predicted molar refractivity (Wildman–Crippen MR) is 97.9 cm³/mol. The Labute approximate surface area is 146 Å². The van der Waals surface area contributed by atoms with Crippen molar-refractivity contribution < 1.29 is 13.7 Å². The summed E-state index contributed by atoms with van der Waals surface area (Å²) in [6.07, 6.45) is 1.50. The average Bonchev–Trinajstić information content (AvgIpc) is 2.74. The first-order valence-corrected chi connectivity index (χ1v) is 12.7. The number of hydrogen-bond donors (Lipinski definition) is 1. The molecule has 0 aromatic carbocycles. The molecule has 2 N–H and O–H groups in total. The Kier molecular flexibility index (Phi) is 5.21. The third-order valence-electron chi connectivity index (χ3n) is 5.06. The molecule has 0 bridgehead atoms. The van der Waals surface area contributed by atoms with E-state index in [0.29, 0.717) is 23.9 Å². The van der Waals surface area contributed by atoms with Gasteiger partial charge in [0.05, 0.1) is 12.3 Å². The van der Waals surface area contributed by atoms with Crippen molar-refractivity contribution in [2.45, 2.75) is 63.4 Å². The molecule has 3 atom stereocenters. The largest absolute Gasteiger partial charge is 0.474 e. The maximum Gasteiger partial charge on any atom is 0.230 e. The molecule has 24 heavy (non-hydrogen) atoms. The molecule has 2 heterocycles. The van der Waals surface area contributed by atoms with Gasteiger partial charge >= 0.3 is 0 Å². The number of rotatable bonds is 3. The van der Waals surface area contributed by atoms with Crippen molar-refractivity contribution in [3.05, 3.63) is 6.20 Å². The van der Waals surface area contributed by atoms with E-state index in [4.69, 9.17) is 14.6 Å². The summed E-state index contributed by atoms with van der Waals surface area (Å²) in [4.78, 5) is 0.385. The fourth-order valence-electron chi connectivity index (χ4n) is 2.37. The summed E-state index contributed by atoms with van der Waals surface area (Å²) in [6, 6.07) is 0. The Hall–Kier alpha value is -0.903. The maximum atomic E-state index is 13.2. The van der Waals surface area contributed by atoms with E-state index in [1.54, 1.807) is 11.8 Å². The van der Waals surface area contributed by atoms with E-state index in [2.05, 4.69) is 49.9 Å². The predicted octanol–water partition coefficient (Wildman–Crippen LogP) is 2.63. The van der Waals surface area contributed by atoms with Crippen molar-refractivity contribution in [2.75, 3.05) is 13.7 Å². The molecule has 0 saturated carbocycles. The molecule has 0 spiro atoms. The van der Waals surface area contributed by atoms with E-state index in [1.807, 2.05) is 0 Å². The van der Waals surface area contributed by atoms with Crippen LogP contribution in [0.4, 0.5) is 0 Å². The van der Waals surface area contributed by atoms with Gasteiger partial charge in [0.2, 0.25) is 5.88 Å². The van der Waals surface area contributed by atoms with Crippen LogP contribution in [0.3, 0.4) is 0 Å². The highest BCUT2D eigenvalue weighted by atomic mass is 32.2. The lowest BCUT2D eigenvalue weighted by Gasteiger charge is -2.32. The Morgan fingerprint density at radius 2 is 2.12 bits per heavy atom. The van der Waals surface area contributed by atoms with Gasteiger partial charge in [0, 0.05) is 19.6 Å². The lowest BCUT2D eigenvalue weighted by molar-refractivity contribution is 0.0255. The molecule has 138 valence electrons. The van der Waals surface area contributed by atoms with Crippen molar-refractivity contribution in [1.82, 2.24) is 9.78 Å². The van der Waals surface area contributed by atoms with Crippen LogP contribution in [0.5, 0.6) is 5.88 Å². The molecule has 1 aromatic rings. The Bertz CT molecular complexity index is 717. The van der Waals surface area contributed by atoms with Crippen LogP contribution in [0.2, 0.25) is 18.1 Å². The van der Waals surface area contributed by atoms with Crippen molar-refractivity contribution in [3.8, 4) is 5.88 Å². The van der Waals surface area contributed by atoms with Gasteiger partial charge in [-0.25, -0.2) is 14.0 Å². The Morgan fingerprint density at radius 3 is 2.67 bits per heavy atom. The van der Waals surface area contributed by atoms with Crippen molar-refractivity contribution in [2.24, 2.45) is 15.1 Å². The van der Waals surface area contributed by atoms with E-state index in [9.17, 15) is 4.21 Å². The minimum Gasteiger partial charge on any atom is -0.474 e. The van der Waals surface area contributed by atoms with Crippen LogP contribution < -0.4 is 9.88 Å². The maximum absolute atomic E-state index is 13.2. The summed E-state index contributed by atoms with van der Waals surface area (Å²) in [5.41, 5.74) is 0. The Morgan fingerprint density at radius 1 is 1.50 bits per heavy atom. The summed E-state index contributed by atoms with van der Waals surface area (Å²) in [7, 11) is -3.59. The zero-order valence-electron chi connectivity index (χ0n) is 15.7. The zero-order chi connectivity index (χ0) is 18.3. The molecular formula is C15H30N4O3SSi. The molecule has 1 aliphatic rings. The molecule has 0 amide bonds. The summed E-state index contributed by atoms with van der Waals surface area (Å²) in [5.74, 6) is 0.687. The van der Waals surface area contributed by atoms with Crippen LogP contribution >= 0.6 is 0 Å². The van der Waals surface area contributed by atoms with Gasteiger partial charge < -0.3 is 9.47 Å². The highest BCUT2D eigenvalue weighted by molar-refractivity contribution is 7.92. The third kappa shape index (κ3) is 3.68. The molecule has 2 unspecified atom stereocenters. The lowest BCUT2D eigenvalue weighted by Crippen LogP contribution is -2.37. The third-order valence-corrected chi connectivity index (χ3v) is 12.5. The van der Waals surface area contributed by atoms with E-state index in [1.165, 1.54) is 6.20 Å². The fraction of sp³-hybridized carbons (Fsp3) is 0.800. The second-order valence-electron chi connectivity index (χ2n) is 8.03. The number of nitrogens with two attached hydrogens (primary N) is 1. The molecule has 9 heteroatoms. The highest BCUT2D eigenvalue weighted by Gasteiger charge is 2.38. The number of nitrogens with zero attached hydrogens (tertiary/aromatic N) is 3. The van der Waals surface area contributed by atoms with Gasteiger partial charge in [0.15, 0.2) is 8.24 Å². The van der Waals surface area contributed by atoms with Crippen LogP contribution in [0, 0.1) is 5.92 Å².